The van der Waals surface area contributed by atoms with Gasteiger partial charge in [-0.2, -0.15) is 0 Å². The second-order valence-electron chi connectivity index (χ2n) is 3.43. The maximum absolute atomic E-state index is 5.35. The zero-order valence-corrected chi connectivity index (χ0v) is 9.64. The van der Waals surface area contributed by atoms with Gasteiger partial charge in [-0.15, -0.1) is 0 Å². The lowest BCUT2D eigenvalue weighted by Crippen LogP contribution is -2.41. The monoisotopic (exact) mass is 235 g/mol. The Labute approximate surface area is 97.6 Å². The van der Waals surface area contributed by atoms with Gasteiger partial charge in [0.05, 0.1) is 0 Å². The fraction of sp³-hybridized carbons (Fsp3) is 0.300. The summed E-state index contributed by atoms with van der Waals surface area (Å²) in [5.74, 6) is 1.01. The molecule has 0 saturated carbocycles. The first-order valence-electron chi connectivity index (χ1n) is 4.85. The van der Waals surface area contributed by atoms with Crippen LogP contribution in [0.3, 0.4) is 0 Å². The number of thiocarbonyl (C=S) groups is 1. The Morgan fingerprint density at radius 1 is 1.47 bits per heavy atom. The third-order valence-corrected chi connectivity index (χ3v) is 3.86. The summed E-state index contributed by atoms with van der Waals surface area (Å²) >= 11 is 6.91. The number of amidine groups is 1. The molecule has 0 aliphatic carbocycles. The van der Waals surface area contributed by atoms with Crippen molar-refractivity contribution in [1.82, 2.24) is 9.88 Å². The zero-order valence-electron chi connectivity index (χ0n) is 8.01. The Morgan fingerprint density at radius 3 is 3.33 bits per heavy atom. The number of nitrogens with zero attached hydrogens (tertiary/aromatic N) is 3. The van der Waals surface area contributed by atoms with Gasteiger partial charge in [-0.1, -0.05) is 12.2 Å². The van der Waals surface area contributed by atoms with Gasteiger partial charge in [0.1, 0.15) is 15.2 Å². The molecule has 15 heavy (non-hydrogen) atoms. The van der Waals surface area contributed by atoms with Gasteiger partial charge < -0.3 is 4.90 Å². The first-order valence-corrected chi connectivity index (χ1v) is 6.08. The van der Waals surface area contributed by atoms with E-state index in [1.54, 1.807) is 18.0 Å². The number of aromatic nitrogens is 1. The van der Waals surface area contributed by atoms with E-state index in [1.165, 1.54) is 0 Å². The van der Waals surface area contributed by atoms with Gasteiger partial charge in [0.25, 0.3) is 0 Å². The zero-order chi connectivity index (χ0) is 10.3. The third-order valence-electron chi connectivity index (χ3n) is 2.47. The van der Waals surface area contributed by atoms with E-state index >= 15 is 0 Å². The summed E-state index contributed by atoms with van der Waals surface area (Å²) in [4.78, 5) is 11.0. The molecule has 0 saturated heterocycles. The van der Waals surface area contributed by atoms with Crippen molar-refractivity contribution in [3.8, 4) is 0 Å². The second kappa shape index (κ2) is 3.57. The molecule has 3 rings (SSSR count). The second-order valence-corrected chi connectivity index (χ2v) is 5.06. The highest BCUT2D eigenvalue weighted by molar-refractivity contribution is 8.23. The quantitative estimate of drug-likeness (QED) is 0.642. The standard InChI is InChI=1S/C10H9N3S2/c14-10-13-6-2-5-11-8(13)7-3-1-4-12-9(7)15-10/h1,3-4H,2,5-6H2. The van der Waals surface area contributed by atoms with Crippen LogP contribution in [0.4, 0.5) is 0 Å². The van der Waals surface area contributed by atoms with E-state index in [2.05, 4.69) is 20.9 Å². The summed E-state index contributed by atoms with van der Waals surface area (Å²) in [6.07, 6.45) is 2.88. The van der Waals surface area contributed by atoms with E-state index in [1.807, 2.05) is 6.07 Å². The van der Waals surface area contributed by atoms with Crippen molar-refractivity contribution in [2.75, 3.05) is 13.1 Å². The average Bonchev–Trinajstić information content (AvgIpc) is 2.30. The van der Waals surface area contributed by atoms with E-state index in [-0.39, 0.29) is 0 Å². The summed E-state index contributed by atoms with van der Waals surface area (Å²) in [5.41, 5.74) is 1.12. The van der Waals surface area contributed by atoms with E-state index in [9.17, 15) is 0 Å². The fourth-order valence-corrected chi connectivity index (χ4v) is 3.04. The molecule has 0 aromatic carbocycles. The van der Waals surface area contributed by atoms with Gasteiger partial charge in [-0.25, -0.2) is 4.98 Å². The molecule has 0 atom stereocenters. The lowest BCUT2D eigenvalue weighted by molar-refractivity contribution is 0.560. The molecular weight excluding hydrogens is 226 g/mol. The van der Waals surface area contributed by atoms with Crippen molar-refractivity contribution in [2.24, 2.45) is 4.99 Å². The molecule has 0 N–H and O–H groups in total. The van der Waals surface area contributed by atoms with Gasteiger partial charge in [0, 0.05) is 24.8 Å². The van der Waals surface area contributed by atoms with Crippen molar-refractivity contribution in [3.05, 3.63) is 23.9 Å². The predicted octanol–water partition coefficient (Wildman–Crippen LogP) is 1.92. The number of aliphatic imine (C=N–C) groups is 1. The van der Waals surface area contributed by atoms with Crippen LogP contribution in [0.25, 0.3) is 0 Å². The van der Waals surface area contributed by atoms with Crippen molar-refractivity contribution in [1.29, 1.82) is 0 Å². The Bertz CT molecular complexity index is 456. The van der Waals surface area contributed by atoms with Gasteiger partial charge in [-0.05, 0) is 30.3 Å². The maximum atomic E-state index is 5.35. The highest BCUT2D eigenvalue weighted by Gasteiger charge is 2.29. The van der Waals surface area contributed by atoms with Crippen LogP contribution in [-0.2, 0) is 0 Å². The van der Waals surface area contributed by atoms with Gasteiger partial charge in [0.15, 0.2) is 0 Å². The minimum Gasteiger partial charge on any atom is -0.311 e. The highest BCUT2D eigenvalue weighted by Crippen LogP contribution is 2.31. The molecular formula is C10H9N3S2. The van der Waals surface area contributed by atoms with Gasteiger partial charge in [0.2, 0.25) is 0 Å². The molecule has 2 aliphatic rings. The molecule has 3 heterocycles. The molecule has 2 aliphatic heterocycles. The van der Waals surface area contributed by atoms with Crippen LogP contribution in [0, 0.1) is 0 Å². The largest absolute Gasteiger partial charge is 0.311 e. The normalized spacial score (nSPS) is 19.3. The number of fused-ring (bicyclic) bond motifs is 3. The molecule has 0 amide bonds. The number of pyridine rings is 1. The van der Waals surface area contributed by atoms with Crippen molar-refractivity contribution in [3.63, 3.8) is 0 Å². The van der Waals surface area contributed by atoms with E-state index in [0.717, 1.165) is 40.3 Å². The first-order chi connectivity index (χ1) is 7.36. The lowest BCUT2D eigenvalue weighted by atomic mass is 10.2. The molecule has 0 unspecified atom stereocenters. The summed E-state index contributed by atoms with van der Waals surface area (Å²) in [5, 5.41) is 0.986. The molecule has 76 valence electrons. The van der Waals surface area contributed by atoms with Crippen LogP contribution in [0.2, 0.25) is 0 Å². The SMILES string of the molecule is S=C1Sc2ncccc2C2=NCCCN12. The molecule has 1 aromatic heterocycles. The number of thioether (sulfide) groups is 1. The molecule has 0 spiro atoms. The maximum Gasteiger partial charge on any atom is 0.148 e. The van der Waals surface area contributed by atoms with Gasteiger partial charge in [-0.3, -0.25) is 4.99 Å². The predicted molar refractivity (Wildman–Crippen MR) is 65.4 cm³/mol. The third kappa shape index (κ3) is 1.46. The smallest absolute Gasteiger partial charge is 0.148 e. The summed E-state index contributed by atoms with van der Waals surface area (Å²) < 4.78 is 0.875. The minimum absolute atomic E-state index is 0.875. The number of hydrogen-bond acceptors (Lipinski definition) is 4. The topological polar surface area (TPSA) is 28.5 Å². The van der Waals surface area contributed by atoms with Crippen LogP contribution < -0.4 is 0 Å². The molecule has 0 bridgehead atoms. The van der Waals surface area contributed by atoms with Gasteiger partial charge >= 0.3 is 0 Å². The van der Waals surface area contributed by atoms with Crippen LogP contribution in [-0.4, -0.2) is 33.1 Å². The summed E-state index contributed by atoms with van der Waals surface area (Å²) in [6.45, 7) is 1.88. The van der Waals surface area contributed by atoms with E-state index in [0.29, 0.717) is 0 Å². The lowest BCUT2D eigenvalue weighted by Gasteiger charge is -2.33. The van der Waals surface area contributed by atoms with E-state index in [4.69, 9.17) is 12.2 Å². The molecule has 0 radical (unpaired) electrons. The number of rotatable bonds is 0. The van der Waals surface area contributed by atoms with Crippen LogP contribution in [0.5, 0.6) is 0 Å². The Kier molecular flexibility index (Phi) is 2.21. The summed E-state index contributed by atoms with van der Waals surface area (Å²) in [6, 6.07) is 4.01. The molecule has 3 nitrogen and oxygen atoms in total. The number of hydrogen-bond donors (Lipinski definition) is 0. The van der Waals surface area contributed by atoms with Crippen LogP contribution in [0.15, 0.2) is 28.3 Å². The Balaban J connectivity index is 2.17. The Hall–Kier alpha value is -0.940. The molecule has 5 heteroatoms. The average molecular weight is 235 g/mol. The Morgan fingerprint density at radius 2 is 2.40 bits per heavy atom. The van der Waals surface area contributed by atoms with Crippen LogP contribution >= 0.6 is 24.0 Å². The van der Waals surface area contributed by atoms with Crippen molar-refractivity contribution in [2.45, 2.75) is 11.4 Å². The van der Waals surface area contributed by atoms with Crippen molar-refractivity contribution < 1.29 is 0 Å². The molecule has 0 fully saturated rings. The van der Waals surface area contributed by atoms with Crippen LogP contribution in [0.1, 0.15) is 12.0 Å². The minimum atomic E-state index is 0.875. The fourth-order valence-electron chi connectivity index (χ4n) is 1.79. The molecule has 1 aromatic rings. The highest BCUT2D eigenvalue weighted by atomic mass is 32.2. The van der Waals surface area contributed by atoms with E-state index < -0.39 is 0 Å². The first kappa shape index (κ1) is 9.30. The summed E-state index contributed by atoms with van der Waals surface area (Å²) in [7, 11) is 0. The van der Waals surface area contributed by atoms with Crippen molar-refractivity contribution >= 4 is 34.1 Å².